The molecule has 3 rings (SSSR count). The summed E-state index contributed by atoms with van der Waals surface area (Å²) in [6.07, 6.45) is 3.39. The van der Waals surface area contributed by atoms with Crippen LogP contribution < -0.4 is 10.0 Å². The summed E-state index contributed by atoms with van der Waals surface area (Å²) in [5.41, 5.74) is 0.248. The molecule has 0 bridgehead atoms. The highest BCUT2D eigenvalue weighted by Crippen LogP contribution is 2.20. The molecule has 2 aromatic rings. The summed E-state index contributed by atoms with van der Waals surface area (Å²) in [5.74, 6) is -0.148. The maximum atomic E-state index is 12.7. The Morgan fingerprint density at radius 3 is 2.68 bits per heavy atom. The molecule has 0 atom stereocenters. The fraction of sp³-hybridized carbons (Fsp3) is 0.368. The van der Waals surface area contributed by atoms with Gasteiger partial charge in [-0.05, 0) is 42.5 Å². The maximum absolute atomic E-state index is 12.7. The number of benzene rings is 1. The molecule has 0 saturated heterocycles. The van der Waals surface area contributed by atoms with Crippen LogP contribution in [0.1, 0.15) is 25.7 Å². The van der Waals surface area contributed by atoms with E-state index in [-0.39, 0.29) is 14.8 Å². The number of likely N-dealkylation sites (N-methyl/N-ethyl adjacent to an activating group) is 1. The number of thiophene rings is 1. The topological polar surface area (TPSA) is 125 Å². The van der Waals surface area contributed by atoms with Gasteiger partial charge < -0.3 is 5.32 Å². The zero-order valence-corrected chi connectivity index (χ0v) is 19.4. The van der Waals surface area contributed by atoms with E-state index in [4.69, 9.17) is 0 Å². The minimum Gasteiger partial charge on any atom is -0.325 e. The number of hydrogen-bond acceptors (Lipinski definition) is 7. The molecule has 0 spiro atoms. The molecule has 168 valence electrons. The Balaban J connectivity index is 1.67. The van der Waals surface area contributed by atoms with Crippen LogP contribution in [0.25, 0.3) is 0 Å². The lowest BCUT2D eigenvalue weighted by atomic mass is 10.2. The van der Waals surface area contributed by atoms with Gasteiger partial charge in [0.2, 0.25) is 5.91 Å². The largest absolute Gasteiger partial charge is 0.325 e. The highest BCUT2D eigenvalue weighted by atomic mass is 32.2. The molecule has 1 amide bonds. The molecule has 0 radical (unpaired) electrons. The Morgan fingerprint density at radius 2 is 1.94 bits per heavy atom. The maximum Gasteiger partial charge on any atom is 0.262 e. The van der Waals surface area contributed by atoms with E-state index < -0.39 is 32.5 Å². The monoisotopic (exact) mass is 484 g/mol. The van der Waals surface area contributed by atoms with Gasteiger partial charge in [-0.15, -0.1) is 11.3 Å². The van der Waals surface area contributed by atoms with Crippen LogP contribution in [0.15, 0.2) is 55.9 Å². The van der Waals surface area contributed by atoms with Crippen molar-refractivity contribution in [3.05, 3.63) is 41.8 Å². The van der Waals surface area contributed by atoms with Crippen LogP contribution >= 0.6 is 11.3 Å². The van der Waals surface area contributed by atoms with Gasteiger partial charge in [-0.25, -0.2) is 16.8 Å². The lowest BCUT2D eigenvalue weighted by Crippen LogP contribution is -2.34. The molecule has 12 heteroatoms. The third kappa shape index (κ3) is 6.12. The van der Waals surface area contributed by atoms with E-state index in [1.165, 1.54) is 37.4 Å². The average Bonchev–Trinajstić information content (AvgIpc) is 3.15. The quantitative estimate of drug-likeness (QED) is 0.624. The molecule has 1 aromatic carbocycles. The van der Waals surface area contributed by atoms with Gasteiger partial charge in [0.15, 0.2) is 0 Å². The number of amides is 1. The predicted molar refractivity (Wildman–Crippen MR) is 120 cm³/mol. The minimum absolute atomic E-state index is 0.0168. The van der Waals surface area contributed by atoms with Crippen molar-refractivity contribution < 1.29 is 21.6 Å². The van der Waals surface area contributed by atoms with Crippen LogP contribution in [0.2, 0.25) is 0 Å². The van der Waals surface area contributed by atoms with Gasteiger partial charge >= 0.3 is 0 Å². The van der Waals surface area contributed by atoms with Crippen LogP contribution in [-0.2, 0) is 24.8 Å². The van der Waals surface area contributed by atoms with Crippen LogP contribution in [0.5, 0.6) is 0 Å². The van der Waals surface area contributed by atoms with Gasteiger partial charge in [0.05, 0.1) is 11.4 Å². The van der Waals surface area contributed by atoms with Gasteiger partial charge in [0, 0.05) is 25.7 Å². The lowest BCUT2D eigenvalue weighted by molar-refractivity contribution is -0.116. The van der Waals surface area contributed by atoms with Crippen LogP contribution in [-0.4, -0.2) is 53.0 Å². The van der Waals surface area contributed by atoms with Crippen molar-refractivity contribution in [2.45, 2.75) is 34.8 Å². The number of carbonyl (C=O) groups excluding carboxylic acids is 1. The first kappa shape index (κ1) is 23.4. The normalized spacial score (nSPS) is 15.2. The lowest BCUT2D eigenvalue weighted by Gasteiger charge is -2.16. The number of hydrogen-bond donors (Lipinski definition) is 2. The van der Waals surface area contributed by atoms with E-state index in [0.29, 0.717) is 18.8 Å². The predicted octanol–water partition coefficient (Wildman–Crippen LogP) is 2.26. The molecule has 0 saturated carbocycles. The van der Waals surface area contributed by atoms with Crippen molar-refractivity contribution in [3.8, 4) is 0 Å². The van der Waals surface area contributed by atoms with Crippen molar-refractivity contribution in [2.24, 2.45) is 4.99 Å². The first-order valence-electron chi connectivity index (χ1n) is 9.64. The third-order valence-electron chi connectivity index (χ3n) is 4.58. The smallest absolute Gasteiger partial charge is 0.262 e. The Labute approximate surface area is 186 Å². The Morgan fingerprint density at radius 1 is 1.13 bits per heavy atom. The molecule has 9 nitrogen and oxygen atoms in total. The standard InChI is InChI=1S/C19H24N4O5S3/c1-23(31(27,28)19-10-6-12-29-19)14-18(24)21-15-7-5-8-16(13-15)30(25,26)22-17-9-3-2-4-11-20-17/h5-8,10,12-13H,2-4,9,11,14H2,1H3,(H,20,22)(H,21,24). The number of aliphatic imine (C=N–C) groups is 1. The van der Waals surface area contributed by atoms with Crippen LogP contribution in [0.4, 0.5) is 5.69 Å². The molecule has 0 fully saturated rings. The number of amidine groups is 1. The Kier molecular flexibility index (Phi) is 7.46. The molecular formula is C19H24N4O5S3. The summed E-state index contributed by atoms with van der Waals surface area (Å²) in [6, 6.07) is 8.87. The summed E-state index contributed by atoms with van der Waals surface area (Å²) in [6.45, 7) is 0.183. The van der Waals surface area contributed by atoms with Crippen molar-refractivity contribution >= 4 is 48.8 Å². The second-order valence-corrected chi connectivity index (χ2v) is 11.9. The highest BCUT2D eigenvalue weighted by Gasteiger charge is 2.24. The molecule has 0 unspecified atom stereocenters. The number of sulfonamides is 2. The van der Waals surface area contributed by atoms with E-state index in [2.05, 4.69) is 15.0 Å². The third-order valence-corrected chi connectivity index (χ3v) is 9.14. The van der Waals surface area contributed by atoms with Crippen molar-refractivity contribution in [3.63, 3.8) is 0 Å². The first-order chi connectivity index (χ1) is 14.7. The summed E-state index contributed by atoms with van der Waals surface area (Å²) in [7, 11) is -6.30. The van der Waals surface area contributed by atoms with Crippen LogP contribution in [0.3, 0.4) is 0 Å². The Bertz CT molecular complexity index is 1160. The number of rotatable bonds is 7. The molecule has 31 heavy (non-hydrogen) atoms. The minimum atomic E-state index is -3.85. The molecular weight excluding hydrogens is 460 g/mol. The summed E-state index contributed by atoms with van der Waals surface area (Å²) in [5, 5.41) is 4.19. The summed E-state index contributed by atoms with van der Waals surface area (Å²) in [4.78, 5) is 16.6. The zero-order valence-electron chi connectivity index (χ0n) is 16.9. The second kappa shape index (κ2) is 9.90. The molecule has 2 heterocycles. The zero-order chi connectivity index (χ0) is 22.5. The number of carbonyl (C=O) groups is 1. The average molecular weight is 485 g/mol. The van der Waals surface area contributed by atoms with E-state index in [9.17, 15) is 21.6 Å². The van der Waals surface area contributed by atoms with Gasteiger partial charge in [0.25, 0.3) is 20.0 Å². The van der Waals surface area contributed by atoms with Crippen molar-refractivity contribution in [2.75, 3.05) is 25.5 Å². The number of anilines is 1. The van der Waals surface area contributed by atoms with Crippen molar-refractivity contribution in [1.82, 2.24) is 9.03 Å². The van der Waals surface area contributed by atoms with Crippen LogP contribution in [0, 0.1) is 0 Å². The van der Waals surface area contributed by atoms with Crippen molar-refractivity contribution in [1.29, 1.82) is 0 Å². The highest BCUT2D eigenvalue weighted by molar-refractivity contribution is 7.91. The second-order valence-electron chi connectivity index (χ2n) is 7.01. The molecule has 1 aliphatic rings. The molecule has 1 aliphatic heterocycles. The molecule has 1 aromatic heterocycles. The van der Waals surface area contributed by atoms with Gasteiger partial charge in [-0.3, -0.25) is 14.5 Å². The van der Waals surface area contributed by atoms with Gasteiger partial charge in [-0.1, -0.05) is 18.6 Å². The summed E-state index contributed by atoms with van der Waals surface area (Å²) < 4.78 is 53.9. The molecule has 0 aliphatic carbocycles. The van der Waals surface area contributed by atoms with Gasteiger partial charge in [-0.2, -0.15) is 4.31 Å². The van der Waals surface area contributed by atoms with E-state index in [0.717, 1.165) is 34.9 Å². The number of nitrogens with zero attached hydrogens (tertiary/aromatic N) is 2. The van der Waals surface area contributed by atoms with E-state index in [1.807, 2.05) is 0 Å². The van der Waals surface area contributed by atoms with Gasteiger partial charge in [0.1, 0.15) is 10.0 Å². The first-order valence-corrected chi connectivity index (χ1v) is 13.4. The number of nitrogens with one attached hydrogen (secondary N) is 2. The Hall–Kier alpha value is -2.28. The SMILES string of the molecule is CN(CC(=O)Nc1cccc(S(=O)(=O)NC2=NCCCCC2)c1)S(=O)(=O)c1cccs1. The summed E-state index contributed by atoms with van der Waals surface area (Å²) >= 11 is 1.06. The van der Waals surface area contributed by atoms with E-state index in [1.54, 1.807) is 11.4 Å². The fourth-order valence-electron chi connectivity index (χ4n) is 2.96. The van der Waals surface area contributed by atoms with E-state index >= 15 is 0 Å². The fourth-order valence-corrected chi connectivity index (χ4v) is 6.43. The molecule has 2 N–H and O–H groups in total.